The second-order valence-corrected chi connectivity index (χ2v) is 6.63. The molecular formula is C12H17FO2S. The van der Waals surface area contributed by atoms with E-state index in [1.165, 1.54) is 6.07 Å². The van der Waals surface area contributed by atoms with Gasteiger partial charge in [0.25, 0.3) is 0 Å². The first-order valence-corrected chi connectivity index (χ1v) is 7.07. The lowest BCUT2D eigenvalue weighted by atomic mass is 9.82. The molecule has 2 nitrogen and oxygen atoms in total. The third-order valence-corrected chi connectivity index (χ3v) is 4.09. The van der Waals surface area contributed by atoms with E-state index in [0.29, 0.717) is 5.56 Å². The zero-order valence-corrected chi connectivity index (χ0v) is 10.9. The Labute approximate surface area is 96.4 Å². The van der Waals surface area contributed by atoms with Crippen molar-refractivity contribution in [3.8, 4) is 0 Å². The lowest BCUT2D eigenvalue weighted by Gasteiger charge is -2.25. The maximum absolute atomic E-state index is 13.1. The third-order valence-electron chi connectivity index (χ3n) is 2.96. The molecule has 0 N–H and O–H groups in total. The summed E-state index contributed by atoms with van der Waals surface area (Å²) in [6, 6.07) is 3.97. The van der Waals surface area contributed by atoms with Crippen molar-refractivity contribution < 1.29 is 12.8 Å². The van der Waals surface area contributed by atoms with E-state index in [1.54, 1.807) is 6.07 Å². The molecule has 0 unspecified atom stereocenters. The number of rotatable bonds is 3. The Morgan fingerprint density at radius 3 is 2.31 bits per heavy atom. The van der Waals surface area contributed by atoms with Crippen LogP contribution in [0.15, 0.2) is 23.1 Å². The van der Waals surface area contributed by atoms with Crippen LogP contribution in [0, 0.1) is 5.82 Å². The first-order valence-electron chi connectivity index (χ1n) is 5.18. The highest BCUT2D eigenvalue weighted by Crippen LogP contribution is 2.32. The van der Waals surface area contributed by atoms with E-state index in [0.717, 1.165) is 18.7 Å². The van der Waals surface area contributed by atoms with Crippen LogP contribution >= 0.6 is 0 Å². The predicted molar refractivity (Wildman–Crippen MR) is 62.8 cm³/mol. The highest BCUT2D eigenvalue weighted by atomic mass is 32.2. The highest BCUT2D eigenvalue weighted by molar-refractivity contribution is 7.90. The minimum absolute atomic E-state index is 0.0966. The van der Waals surface area contributed by atoms with E-state index in [4.69, 9.17) is 0 Å². The fourth-order valence-electron chi connectivity index (χ4n) is 1.55. The van der Waals surface area contributed by atoms with Crippen LogP contribution in [0.3, 0.4) is 0 Å². The van der Waals surface area contributed by atoms with E-state index in [1.807, 2.05) is 20.8 Å². The Hall–Kier alpha value is -0.900. The molecule has 0 aliphatic rings. The molecule has 16 heavy (non-hydrogen) atoms. The van der Waals surface area contributed by atoms with Crippen LogP contribution in [0.1, 0.15) is 32.8 Å². The van der Waals surface area contributed by atoms with Gasteiger partial charge in [0.15, 0.2) is 9.84 Å². The summed E-state index contributed by atoms with van der Waals surface area (Å²) in [5.74, 6) is -0.518. The standard InChI is InChI=1S/C12H17FO2S/c1-5-12(2,3)10-7-6-9(13)8-11(10)16(4,14)15/h6-8H,5H2,1-4H3. The van der Waals surface area contributed by atoms with Gasteiger partial charge in [-0.15, -0.1) is 0 Å². The van der Waals surface area contributed by atoms with E-state index in [-0.39, 0.29) is 10.3 Å². The van der Waals surface area contributed by atoms with Crippen molar-refractivity contribution in [1.29, 1.82) is 0 Å². The molecular weight excluding hydrogens is 227 g/mol. The van der Waals surface area contributed by atoms with E-state index < -0.39 is 15.7 Å². The Morgan fingerprint density at radius 1 is 1.31 bits per heavy atom. The maximum Gasteiger partial charge on any atom is 0.175 e. The summed E-state index contributed by atoms with van der Waals surface area (Å²) in [6.07, 6.45) is 1.90. The lowest BCUT2D eigenvalue weighted by molar-refractivity contribution is 0.490. The Morgan fingerprint density at radius 2 is 1.88 bits per heavy atom. The smallest absolute Gasteiger partial charge is 0.175 e. The van der Waals surface area contributed by atoms with E-state index in [2.05, 4.69) is 0 Å². The maximum atomic E-state index is 13.1. The van der Waals surface area contributed by atoms with Crippen LogP contribution in [-0.2, 0) is 15.3 Å². The summed E-state index contributed by atoms with van der Waals surface area (Å²) in [4.78, 5) is 0.0966. The monoisotopic (exact) mass is 244 g/mol. The van der Waals surface area contributed by atoms with Gasteiger partial charge in [-0.3, -0.25) is 0 Å². The Balaban J connectivity index is 3.53. The zero-order valence-electron chi connectivity index (χ0n) is 10.0. The second-order valence-electron chi connectivity index (χ2n) is 4.65. The predicted octanol–water partition coefficient (Wildman–Crippen LogP) is 2.92. The summed E-state index contributed by atoms with van der Waals surface area (Å²) in [5.41, 5.74) is 0.408. The Kier molecular flexibility index (Phi) is 3.43. The van der Waals surface area contributed by atoms with Crippen LogP contribution < -0.4 is 0 Å². The van der Waals surface area contributed by atoms with Crippen molar-refractivity contribution in [3.63, 3.8) is 0 Å². The molecule has 90 valence electrons. The van der Waals surface area contributed by atoms with Crippen molar-refractivity contribution >= 4 is 9.84 Å². The largest absolute Gasteiger partial charge is 0.224 e. The van der Waals surface area contributed by atoms with Crippen molar-refractivity contribution in [2.45, 2.75) is 37.5 Å². The van der Waals surface area contributed by atoms with Crippen molar-refractivity contribution in [1.82, 2.24) is 0 Å². The van der Waals surface area contributed by atoms with Crippen LogP contribution in [0.25, 0.3) is 0 Å². The molecule has 0 bridgehead atoms. The molecule has 0 saturated carbocycles. The van der Waals surface area contributed by atoms with Crippen molar-refractivity contribution in [2.75, 3.05) is 6.26 Å². The van der Waals surface area contributed by atoms with Gasteiger partial charge in [0.05, 0.1) is 4.90 Å². The van der Waals surface area contributed by atoms with Crippen LogP contribution in [0.2, 0.25) is 0 Å². The molecule has 0 spiro atoms. The summed E-state index contributed by atoms with van der Waals surface area (Å²) in [7, 11) is -3.39. The molecule has 0 saturated heterocycles. The first-order chi connectivity index (χ1) is 7.18. The van der Waals surface area contributed by atoms with Gasteiger partial charge in [-0.05, 0) is 29.5 Å². The average molecular weight is 244 g/mol. The molecule has 0 atom stereocenters. The van der Waals surface area contributed by atoms with Crippen LogP contribution in [0.4, 0.5) is 4.39 Å². The molecule has 0 amide bonds. The molecule has 0 heterocycles. The van der Waals surface area contributed by atoms with Gasteiger partial charge in [-0.2, -0.15) is 0 Å². The van der Waals surface area contributed by atoms with Crippen molar-refractivity contribution in [3.05, 3.63) is 29.6 Å². The van der Waals surface area contributed by atoms with Gasteiger partial charge in [0, 0.05) is 6.26 Å². The summed E-state index contributed by atoms with van der Waals surface area (Å²) in [5, 5.41) is 0. The van der Waals surface area contributed by atoms with Gasteiger partial charge in [-0.25, -0.2) is 12.8 Å². The van der Waals surface area contributed by atoms with Gasteiger partial charge < -0.3 is 0 Å². The fourth-order valence-corrected chi connectivity index (χ4v) is 2.62. The third kappa shape index (κ3) is 2.61. The number of hydrogen-bond donors (Lipinski definition) is 0. The number of hydrogen-bond acceptors (Lipinski definition) is 2. The zero-order chi connectivity index (χ0) is 12.6. The second kappa shape index (κ2) is 4.17. The van der Waals surface area contributed by atoms with Crippen LogP contribution in [0.5, 0.6) is 0 Å². The molecule has 1 rings (SSSR count). The molecule has 0 fully saturated rings. The van der Waals surface area contributed by atoms with Gasteiger partial charge in [-0.1, -0.05) is 26.8 Å². The highest BCUT2D eigenvalue weighted by Gasteiger charge is 2.25. The normalized spacial score (nSPS) is 12.8. The minimum Gasteiger partial charge on any atom is -0.224 e. The molecule has 0 aliphatic heterocycles. The topological polar surface area (TPSA) is 34.1 Å². The summed E-state index contributed by atoms with van der Waals surface area (Å²) < 4.78 is 36.3. The first kappa shape index (κ1) is 13.2. The summed E-state index contributed by atoms with van der Waals surface area (Å²) in [6.45, 7) is 5.89. The molecule has 1 aromatic rings. The average Bonchev–Trinajstić information content (AvgIpc) is 2.16. The molecule has 4 heteroatoms. The molecule has 0 radical (unpaired) electrons. The fraction of sp³-hybridized carbons (Fsp3) is 0.500. The van der Waals surface area contributed by atoms with Gasteiger partial charge in [0.1, 0.15) is 5.82 Å². The quantitative estimate of drug-likeness (QED) is 0.819. The minimum atomic E-state index is -3.39. The molecule has 1 aromatic carbocycles. The Bertz CT molecular complexity index is 490. The molecule has 0 aliphatic carbocycles. The van der Waals surface area contributed by atoms with E-state index >= 15 is 0 Å². The molecule has 0 aromatic heterocycles. The number of halogens is 1. The number of sulfone groups is 1. The van der Waals surface area contributed by atoms with E-state index in [9.17, 15) is 12.8 Å². The lowest BCUT2D eigenvalue weighted by Crippen LogP contribution is -2.19. The van der Waals surface area contributed by atoms with Gasteiger partial charge >= 0.3 is 0 Å². The number of benzene rings is 1. The summed E-state index contributed by atoms with van der Waals surface area (Å²) >= 11 is 0. The van der Waals surface area contributed by atoms with Crippen molar-refractivity contribution in [2.24, 2.45) is 0 Å². The SMILES string of the molecule is CCC(C)(C)c1ccc(F)cc1S(C)(=O)=O. The van der Waals surface area contributed by atoms with Crippen LogP contribution in [-0.4, -0.2) is 14.7 Å². The van der Waals surface area contributed by atoms with Gasteiger partial charge in [0.2, 0.25) is 0 Å².